The molecule has 0 saturated carbocycles. The highest BCUT2D eigenvalue weighted by Gasteiger charge is 2.47. The summed E-state index contributed by atoms with van der Waals surface area (Å²) >= 11 is 0. The molecular formula is C25H33F3N2O2. The number of fused-ring (bicyclic) bond motifs is 1. The second-order valence-corrected chi connectivity index (χ2v) is 9.94. The Morgan fingerprint density at radius 2 is 2.06 bits per heavy atom. The zero-order valence-electron chi connectivity index (χ0n) is 19.0. The van der Waals surface area contributed by atoms with E-state index in [1.54, 1.807) is 11.0 Å². The number of amides is 1. The second-order valence-electron chi connectivity index (χ2n) is 9.94. The van der Waals surface area contributed by atoms with Gasteiger partial charge in [-0.3, -0.25) is 4.79 Å². The molecule has 1 N–H and O–H groups in total. The fraction of sp³-hybridized carbons (Fsp3) is 0.640. The van der Waals surface area contributed by atoms with E-state index in [9.17, 15) is 18.0 Å². The van der Waals surface area contributed by atoms with Gasteiger partial charge in [0, 0.05) is 31.8 Å². The number of benzene rings is 1. The van der Waals surface area contributed by atoms with Gasteiger partial charge in [-0.05, 0) is 54.4 Å². The average molecular weight is 451 g/mol. The third-order valence-corrected chi connectivity index (χ3v) is 7.51. The Kier molecular flexibility index (Phi) is 6.43. The van der Waals surface area contributed by atoms with Crippen LogP contribution in [0.5, 0.6) is 0 Å². The third kappa shape index (κ3) is 4.46. The summed E-state index contributed by atoms with van der Waals surface area (Å²) < 4.78 is 45.1. The van der Waals surface area contributed by atoms with Crippen LogP contribution >= 0.6 is 0 Å². The zero-order chi connectivity index (χ0) is 23.1. The van der Waals surface area contributed by atoms with Crippen LogP contribution in [0.3, 0.4) is 0 Å². The van der Waals surface area contributed by atoms with Crippen molar-refractivity contribution in [3.8, 4) is 0 Å². The fourth-order valence-corrected chi connectivity index (χ4v) is 5.34. The van der Waals surface area contributed by atoms with Crippen molar-refractivity contribution in [1.82, 2.24) is 10.2 Å². The summed E-state index contributed by atoms with van der Waals surface area (Å²) in [5, 5.41) is 3.71. The lowest BCUT2D eigenvalue weighted by Crippen LogP contribution is -2.50. The number of halogens is 3. The quantitative estimate of drug-likeness (QED) is 0.683. The molecular weight excluding hydrogens is 417 g/mol. The largest absolute Gasteiger partial charge is 0.416 e. The number of nitrogens with one attached hydrogen (secondary N) is 1. The van der Waals surface area contributed by atoms with Crippen molar-refractivity contribution in [3.63, 3.8) is 0 Å². The molecule has 2 heterocycles. The van der Waals surface area contributed by atoms with Gasteiger partial charge in [0.1, 0.15) is 0 Å². The maximum absolute atomic E-state index is 13.8. The minimum absolute atomic E-state index is 0.0242. The number of ether oxygens (including phenoxy) is 1. The van der Waals surface area contributed by atoms with Gasteiger partial charge in [-0.15, -0.1) is 0 Å². The highest BCUT2D eigenvalue weighted by atomic mass is 19.4. The van der Waals surface area contributed by atoms with Crippen LogP contribution in [0.1, 0.15) is 50.3 Å². The maximum Gasteiger partial charge on any atom is 0.416 e. The smallest absolute Gasteiger partial charge is 0.381 e. The molecule has 0 radical (unpaired) electrons. The number of carbonyl (C=O) groups is 1. The second kappa shape index (κ2) is 8.82. The predicted octanol–water partition coefficient (Wildman–Crippen LogP) is 4.58. The van der Waals surface area contributed by atoms with Gasteiger partial charge >= 0.3 is 6.18 Å². The molecule has 0 bridgehead atoms. The van der Waals surface area contributed by atoms with E-state index in [1.165, 1.54) is 6.07 Å². The van der Waals surface area contributed by atoms with Crippen molar-refractivity contribution in [2.24, 2.45) is 17.3 Å². The van der Waals surface area contributed by atoms with Crippen molar-refractivity contribution in [1.29, 1.82) is 0 Å². The van der Waals surface area contributed by atoms with Crippen molar-refractivity contribution in [2.45, 2.75) is 64.8 Å². The molecule has 4 atom stereocenters. The summed E-state index contributed by atoms with van der Waals surface area (Å²) in [6, 6.07) is 4.37. The van der Waals surface area contributed by atoms with E-state index in [0.717, 1.165) is 31.3 Å². The minimum atomic E-state index is -4.38. The minimum Gasteiger partial charge on any atom is -0.381 e. The molecule has 0 spiro atoms. The van der Waals surface area contributed by atoms with E-state index in [1.807, 2.05) is 6.08 Å². The molecule has 1 aliphatic carbocycles. The van der Waals surface area contributed by atoms with Crippen LogP contribution in [0.25, 0.3) is 0 Å². The topological polar surface area (TPSA) is 41.6 Å². The summed E-state index contributed by atoms with van der Waals surface area (Å²) in [6.07, 6.45) is 1.99. The number of nitrogens with zero attached hydrogens (tertiary/aromatic N) is 1. The Bertz CT molecular complexity index is 882. The van der Waals surface area contributed by atoms with Crippen molar-refractivity contribution in [2.75, 3.05) is 19.8 Å². The molecule has 1 aromatic rings. The molecule has 3 aliphatic rings. The standard InChI is InChI=1S/C25H33F3N2O2/c1-16(2)24(9-6-21(13-24)29-22-8-11-32-15-17(22)3)23(31)30-10-7-18-4-5-20(25(26,27)28)12-19(18)14-30/h4-6,9,12,16-17,21-22,29H,7-8,10-11,13-15H2,1-3H3. The molecule has 1 fully saturated rings. The SMILES string of the molecule is CC1COCCC1NC1C=CC(C(=O)N2CCc3ccc(C(F)(F)F)cc3C2)(C(C)C)C1. The van der Waals surface area contributed by atoms with Crippen molar-refractivity contribution >= 4 is 5.91 Å². The van der Waals surface area contributed by atoms with Crippen LogP contribution in [0.15, 0.2) is 30.4 Å². The predicted molar refractivity (Wildman–Crippen MR) is 117 cm³/mol. The number of hydrogen-bond acceptors (Lipinski definition) is 3. The molecule has 0 aromatic heterocycles. The van der Waals surface area contributed by atoms with Gasteiger partial charge in [-0.2, -0.15) is 13.2 Å². The Morgan fingerprint density at radius 3 is 2.75 bits per heavy atom. The van der Waals surface area contributed by atoms with Crippen LogP contribution in [0, 0.1) is 17.3 Å². The maximum atomic E-state index is 13.8. The van der Waals surface area contributed by atoms with Gasteiger partial charge < -0.3 is 15.0 Å². The van der Waals surface area contributed by atoms with Gasteiger partial charge in [-0.1, -0.05) is 39.0 Å². The number of alkyl halides is 3. The number of rotatable bonds is 4. The molecule has 1 saturated heterocycles. The Hall–Kier alpha value is -1.86. The summed E-state index contributed by atoms with van der Waals surface area (Å²) in [5.41, 5.74) is 0.215. The summed E-state index contributed by atoms with van der Waals surface area (Å²) in [7, 11) is 0. The lowest BCUT2D eigenvalue weighted by molar-refractivity contribution is -0.143. The van der Waals surface area contributed by atoms with Crippen LogP contribution in [-0.2, 0) is 28.7 Å². The third-order valence-electron chi connectivity index (χ3n) is 7.51. The number of hydrogen-bond donors (Lipinski definition) is 1. The Balaban J connectivity index is 1.49. The van der Waals surface area contributed by atoms with E-state index in [-0.39, 0.29) is 24.4 Å². The highest BCUT2D eigenvalue weighted by molar-refractivity contribution is 5.86. The molecule has 32 heavy (non-hydrogen) atoms. The van der Waals surface area contributed by atoms with Crippen molar-refractivity contribution < 1.29 is 22.7 Å². The van der Waals surface area contributed by atoms with E-state index >= 15 is 0 Å². The average Bonchev–Trinajstić information content (AvgIpc) is 3.19. The van der Waals surface area contributed by atoms with Gasteiger partial charge in [0.2, 0.25) is 5.91 Å². The lowest BCUT2D eigenvalue weighted by atomic mass is 9.74. The van der Waals surface area contributed by atoms with Gasteiger partial charge in [0.15, 0.2) is 0 Å². The molecule has 7 heteroatoms. The first-order chi connectivity index (χ1) is 15.1. The Labute approximate surface area is 188 Å². The molecule has 2 aliphatic heterocycles. The normalized spacial score (nSPS) is 30.6. The van der Waals surface area contributed by atoms with Crippen LogP contribution in [0.2, 0.25) is 0 Å². The highest BCUT2D eigenvalue weighted by Crippen LogP contribution is 2.43. The number of carbonyl (C=O) groups excluding carboxylic acids is 1. The van der Waals surface area contributed by atoms with Gasteiger partial charge in [0.05, 0.1) is 17.6 Å². The molecule has 4 nitrogen and oxygen atoms in total. The van der Waals surface area contributed by atoms with E-state index in [0.29, 0.717) is 36.9 Å². The first kappa shape index (κ1) is 23.3. The fourth-order valence-electron chi connectivity index (χ4n) is 5.34. The van der Waals surface area contributed by atoms with Gasteiger partial charge in [-0.25, -0.2) is 0 Å². The molecule has 1 amide bonds. The summed E-state index contributed by atoms with van der Waals surface area (Å²) in [6.45, 7) is 8.55. The first-order valence-electron chi connectivity index (χ1n) is 11.6. The van der Waals surface area contributed by atoms with E-state index in [2.05, 4.69) is 32.2 Å². The monoisotopic (exact) mass is 450 g/mol. The van der Waals surface area contributed by atoms with E-state index < -0.39 is 17.2 Å². The van der Waals surface area contributed by atoms with Crippen LogP contribution in [-0.4, -0.2) is 42.6 Å². The van der Waals surface area contributed by atoms with Crippen LogP contribution in [0.4, 0.5) is 13.2 Å². The molecule has 1 aromatic carbocycles. The zero-order valence-corrected chi connectivity index (χ0v) is 19.0. The van der Waals surface area contributed by atoms with Crippen molar-refractivity contribution in [3.05, 3.63) is 47.0 Å². The van der Waals surface area contributed by atoms with E-state index in [4.69, 9.17) is 4.74 Å². The molecule has 176 valence electrons. The van der Waals surface area contributed by atoms with Crippen LogP contribution < -0.4 is 5.32 Å². The van der Waals surface area contributed by atoms with Gasteiger partial charge in [0.25, 0.3) is 0 Å². The molecule has 4 unspecified atom stereocenters. The Morgan fingerprint density at radius 1 is 1.28 bits per heavy atom. The molecule has 4 rings (SSSR count). The lowest BCUT2D eigenvalue weighted by Gasteiger charge is -2.40. The first-order valence-corrected chi connectivity index (χ1v) is 11.6. The summed E-state index contributed by atoms with van der Waals surface area (Å²) in [5.74, 6) is 0.535. The summed E-state index contributed by atoms with van der Waals surface area (Å²) in [4.78, 5) is 15.5.